The second-order valence-electron chi connectivity index (χ2n) is 8.10. The summed E-state index contributed by atoms with van der Waals surface area (Å²) in [5.74, 6) is 2.34. The van der Waals surface area contributed by atoms with Gasteiger partial charge in [0.1, 0.15) is 19.0 Å². The van der Waals surface area contributed by atoms with E-state index >= 15 is 0 Å². The number of fused-ring (bicyclic) bond motifs is 2. The van der Waals surface area contributed by atoms with Crippen molar-refractivity contribution in [2.75, 3.05) is 26.3 Å². The van der Waals surface area contributed by atoms with Gasteiger partial charge in [0.15, 0.2) is 17.3 Å². The van der Waals surface area contributed by atoms with Crippen molar-refractivity contribution >= 4 is 22.7 Å². The third kappa shape index (κ3) is 4.13. The predicted octanol–water partition coefficient (Wildman–Crippen LogP) is 3.70. The third-order valence-corrected chi connectivity index (χ3v) is 6.00. The fourth-order valence-electron chi connectivity index (χ4n) is 4.33. The maximum Gasteiger partial charge on any atom is 0.223 e. The molecule has 7 nitrogen and oxygen atoms in total. The first-order valence-corrected chi connectivity index (χ1v) is 10.8. The van der Waals surface area contributed by atoms with E-state index in [0.717, 1.165) is 36.2 Å². The van der Waals surface area contributed by atoms with Gasteiger partial charge in [-0.25, -0.2) is 4.98 Å². The van der Waals surface area contributed by atoms with Crippen LogP contribution in [0.1, 0.15) is 47.8 Å². The monoisotopic (exact) mass is 419 g/mol. The predicted molar refractivity (Wildman–Crippen MR) is 116 cm³/mol. The van der Waals surface area contributed by atoms with Crippen LogP contribution in [0.3, 0.4) is 0 Å². The number of hydrogen-bond acceptors (Lipinski definition) is 5. The lowest BCUT2D eigenvalue weighted by atomic mass is 9.96. The number of nitrogens with one attached hydrogen (secondary N) is 1. The Morgan fingerprint density at radius 3 is 2.77 bits per heavy atom. The van der Waals surface area contributed by atoms with Gasteiger partial charge in [-0.1, -0.05) is 12.1 Å². The molecule has 0 bridgehead atoms. The van der Waals surface area contributed by atoms with Gasteiger partial charge in [-0.15, -0.1) is 0 Å². The van der Waals surface area contributed by atoms with Gasteiger partial charge in [0.25, 0.3) is 0 Å². The minimum Gasteiger partial charge on any atom is -0.486 e. The van der Waals surface area contributed by atoms with Gasteiger partial charge in [0.05, 0.1) is 11.0 Å². The smallest absolute Gasteiger partial charge is 0.223 e. The summed E-state index contributed by atoms with van der Waals surface area (Å²) in [6.07, 6.45) is 2.33. The number of carbonyl (C=O) groups excluding carboxylic acids is 2. The van der Waals surface area contributed by atoms with Crippen molar-refractivity contribution in [2.24, 2.45) is 0 Å². The number of imidazole rings is 1. The average Bonchev–Trinajstić information content (AvgIpc) is 3.26. The quantitative estimate of drug-likeness (QED) is 0.638. The van der Waals surface area contributed by atoms with Crippen molar-refractivity contribution in [3.05, 3.63) is 53.9 Å². The van der Waals surface area contributed by atoms with Crippen molar-refractivity contribution in [1.82, 2.24) is 14.9 Å². The Morgan fingerprint density at radius 1 is 1.06 bits per heavy atom. The number of aromatic nitrogens is 2. The number of ether oxygens (including phenoxy) is 2. The highest BCUT2D eigenvalue weighted by atomic mass is 16.6. The fraction of sp³-hybridized carbons (Fsp3) is 0.375. The minimum atomic E-state index is -0.0591. The molecule has 2 aliphatic heterocycles. The molecule has 31 heavy (non-hydrogen) atoms. The van der Waals surface area contributed by atoms with E-state index in [0.29, 0.717) is 36.8 Å². The standard InChI is InChI=1S/C24H25N3O4/c28-20(16-7-9-21-22(14-16)31-13-12-30-21)8-10-23(29)27-11-3-4-17(15-27)24-25-18-5-1-2-6-19(18)26-24/h1-2,5-7,9,14,17H,3-4,8,10-13,15H2,(H,25,26)/t17-/m0/s1. The molecule has 1 fully saturated rings. The molecular weight excluding hydrogens is 394 g/mol. The summed E-state index contributed by atoms with van der Waals surface area (Å²) in [5, 5.41) is 0. The molecule has 0 radical (unpaired) electrons. The molecule has 0 spiro atoms. The molecule has 1 N–H and O–H groups in total. The molecule has 0 aliphatic carbocycles. The third-order valence-electron chi connectivity index (χ3n) is 6.00. The van der Waals surface area contributed by atoms with Crippen LogP contribution in [-0.2, 0) is 4.79 Å². The Hall–Kier alpha value is -3.35. The van der Waals surface area contributed by atoms with E-state index in [1.165, 1.54) is 0 Å². The summed E-state index contributed by atoms with van der Waals surface area (Å²) >= 11 is 0. The highest BCUT2D eigenvalue weighted by Gasteiger charge is 2.27. The number of aromatic amines is 1. The van der Waals surface area contributed by atoms with E-state index in [4.69, 9.17) is 14.5 Å². The van der Waals surface area contributed by atoms with Gasteiger partial charge < -0.3 is 19.4 Å². The lowest BCUT2D eigenvalue weighted by Crippen LogP contribution is -2.39. The van der Waals surface area contributed by atoms with Crippen molar-refractivity contribution in [3.63, 3.8) is 0 Å². The van der Waals surface area contributed by atoms with Crippen LogP contribution in [0.4, 0.5) is 0 Å². The molecule has 2 aliphatic rings. The van der Waals surface area contributed by atoms with E-state index in [9.17, 15) is 9.59 Å². The number of Topliss-reactive ketones (excluding diaryl/α,β-unsaturated/α-hetero) is 1. The second kappa shape index (κ2) is 8.41. The Morgan fingerprint density at radius 2 is 1.90 bits per heavy atom. The normalized spacial score (nSPS) is 18.2. The Labute approximate surface area is 180 Å². The molecule has 1 aromatic heterocycles. The van der Waals surface area contributed by atoms with Crippen LogP contribution in [0.5, 0.6) is 11.5 Å². The van der Waals surface area contributed by atoms with Crippen LogP contribution in [0.25, 0.3) is 11.0 Å². The molecular formula is C24H25N3O4. The van der Waals surface area contributed by atoms with Crippen LogP contribution in [0.15, 0.2) is 42.5 Å². The Bertz CT molecular complexity index is 1090. The van der Waals surface area contributed by atoms with E-state index < -0.39 is 0 Å². The molecule has 0 unspecified atom stereocenters. The van der Waals surface area contributed by atoms with Gasteiger partial charge in [-0.3, -0.25) is 9.59 Å². The number of H-pyrrole nitrogens is 1. The largest absolute Gasteiger partial charge is 0.486 e. The zero-order valence-electron chi connectivity index (χ0n) is 17.3. The van der Waals surface area contributed by atoms with E-state index in [1.54, 1.807) is 18.2 Å². The van der Waals surface area contributed by atoms with Crippen molar-refractivity contribution in [3.8, 4) is 11.5 Å². The van der Waals surface area contributed by atoms with Crippen LogP contribution in [0, 0.1) is 0 Å². The number of nitrogens with zero attached hydrogens (tertiary/aromatic N) is 2. The molecule has 5 rings (SSSR count). The van der Waals surface area contributed by atoms with Gasteiger partial charge in [-0.05, 0) is 43.2 Å². The maximum absolute atomic E-state index is 12.8. The number of para-hydroxylation sites is 2. The molecule has 7 heteroatoms. The summed E-state index contributed by atoms with van der Waals surface area (Å²) in [4.78, 5) is 35.4. The summed E-state index contributed by atoms with van der Waals surface area (Å²) in [6.45, 7) is 2.36. The van der Waals surface area contributed by atoms with Gasteiger partial charge >= 0.3 is 0 Å². The van der Waals surface area contributed by atoms with Crippen LogP contribution in [-0.4, -0.2) is 52.9 Å². The van der Waals surface area contributed by atoms with Crippen molar-refractivity contribution in [1.29, 1.82) is 0 Å². The first-order chi connectivity index (χ1) is 15.2. The first-order valence-electron chi connectivity index (χ1n) is 10.8. The molecule has 1 amide bonds. The zero-order valence-corrected chi connectivity index (χ0v) is 17.3. The summed E-state index contributed by atoms with van der Waals surface area (Å²) in [7, 11) is 0. The summed E-state index contributed by atoms with van der Waals surface area (Å²) < 4.78 is 11.0. The Balaban J connectivity index is 1.19. The number of likely N-dealkylation sites (tertiary alicyclic amines) is 1. The number of carbonyl (C=O) groups is 2. The zero-order chi connectivity index (χ0) is 21.2. The number of ketones is 1. The van der Waals surface area contributed by atoms with E-state index in [1.807, 2.05) is 29.2 Å². The fourth-order valence-corrected chi connectivity index (χ4v) is 4.33. The van der Waals surface area contributed by atoms with Gasteiger partial charge in [0.2, 0.25) is 5.91 Å². The second-order valence-corrected chi connectivity index (χ2v) is 8.10. The highest BCUT2D eigenvalue weighted by Crippen LogP contribution is 2.31. The van der Waals surface area contributed by atoms with Gasteiger partial charge in [-0.2, -0.15) is 0 Å². The maximum atomic E-state index is 12.8. The van der Waals surface area contributed by atoms with Crippen molar-refractivity contribution < 1.29 is 19.1 Å². The van der Waals surface area contributed by atoms with Crippen LogP contribution < -0.4 is 9.47 Å². The summed E-state index contributed by atoms with van der Waals surface area (Å²) in [6, 6.07) is 13.2. The molecule has 0 saturated carbocycles. The number of rotatable bonds is 5. The molecule has 2 aromatic carbocycles. The lowest BCUT2D eigenvalue weighted by molar-refractivity contribution is -0.132. The SMILES string of the molecule is O=C(CCC(=O)N1CCC[C@H](c2nc3ccccc3[nH]2)C1)c1ccc2c(c1)OCCO2. The molecule has 1 atom stereocenters. The molecule has 160 valence electrons. The number of piperidine rings is 1. The van der Waals surface area contributed by atoms with Crippen LogP contribution >= 0.6 is 0 Å². The first kappa shape index (κ1) is 19.6. The average molecular weight is 419 g/mol. The van der Waals surface area contributed by atoms with Gasteiger partial charge in [0, 0.05) is 37.4 Å². The van der Waals surface area contributed by atoms with E-state index in [2.05, 4.69) is 4.98 Å². The molecule has 3 heterocycles. The molecule has 1 saturated heterocycles. The number of hydrogen-bond donors (Lipinski definition) is 1. The Kier molecular flexibility index (Phi) is 5.32. The summed E-state index contributed by atoms with van der Waals surface area (Å²) in [5.41, 5.74) is 2.52. The lowest BCUT2D eigenvalue weighted by Gasteiger charge is -2.32. The van der Waals surface area contributed by atoms with Crippen LogP contribution in [0.2, 0.25) is 0 Å². The molecule has 3 aromatic rings. The van der Waals surface area contributed by atoms with Crippen molar-refractivity contribution in [2.45, 2.75) is 31.6 Å². The number of amides is 1. The minimum absolute atomic E-state index is 0.0201. The topological polar surface area (TPSA) is 84.5 Å². The van der Waals surface area contributed by atoms with E-state index in [-0.39, 0.29) is 30.4 Å². The number of benzene rings is 2. The highest BCUT2D eigenvalue weighted by molar-refractivity contribution is 5.98.